The number of aromatic nitrogens is 2. The summed E-state index contributed by atoms with van der Waals surface area (Å²) in [5, 5.41) is 17.5. The van der Waals surface area contributed by atoms with Gasteiger partial charge in [-0.25, -0.2) is 4.79 Å². The summed E-state index contributed by atoms with van der Waals surface area (Å²) >= 11 is 0. The van der Waals surface area contributed by atoms with Crippen LogP contribution >= 0.6 is 0 Å². The van der Waals surface area contributed by atoms with Gasteiger partial charge >= 0.3 is 5.97 Å². The largest absolute Gasteiger partial charge is 0.507 e. The molecule has 0 atom stereocenters. The number of ether oxygens (including phenoxy) is 4. The molecule has 0 aliphatic carbocycles. The Morgan fingerprint density at radius 1 is 1.04 bits per heavy atom. The molecule has 9 heteroatoms. The van der Waals surface area contributed by atoms with Gasteiger partial charge in [0.25, 0.3) is 5.89 Å². The van der Waals surface area contributed by atoms with Crippen LogP contribution in [0.1, 0.15) is 16.2 Å². The highest BCUT2D eigenvalue weighted by molar-refractivity contribution is 5.92. The molecule has 3 aromatic rings. The zero-order valence-electron chi connectivity index (χ0n) is 15.5. The zero-order chi connectivity index (χ0) is 20.1. The predicted octanol–water partition coefficient (Wildman–Crippen LogP) is 2.83. The maximum Gasteiger partial charge on any atom is 0.342 e. The highest BCUT2D eigenvalue weighted by atomic mass is 16.5. The van der Waals surface area contributed by atoms with E-state index in [1.54, 1.807) is 24.3 Å². The van der Waals surface area contributed by atoms with E-state index in [1.165, 1.54) is 33.5 Å². The van der Waals surface area contributed by atoms with Gasteiger partial charge in [0.15, 0.2) is 18.1 Å². The second kappa shape index (κ2) is 8.30. The quantitative estimate of drug-likeness (QED) is 0.612. The van der Waals surface area contributed by atoms with Crippen LogP contribution in [-0.2, 0) is 11.3 Å². The number of rotatable bonds is 7. The Labute approximate surface area is 160 Å². The maximum atomic E-state index is 12.0. The van der Waals surface area contributed by atoms with Crippen molar-refractivity contribution in [2.24, 2.45) is 0 Å². The van der Waals surface area contributed by atoms with Crippen molar-refractivity contribution in [2.75, 3.05) is 21.3 Å². The number of phenols is 1. The summed E-state index contributed by atoms with van der Waals surface area (Å²) < 4.78 is 26.5. The molecule has 0 radical (unpaired) electrons. The van der Waals surface area contributed by atoms with Gasteiger partial charge in [-0.1, -0.05) is 12.1 Å². The average Bonchev–Trinajstić information content (AvgIpc) is 3.20. The normalized spacial score (nSPS) is 10.4. The van der Waals surface area contributed by atoms with E-state index < -0.39 is 5.97 Å². The number of carbonyl (C=O) groups excluding carboxylic acids is 1. The molecule has 0 fully saturated rings. The Morgan fingerprint density at radius 3 is 2.32 bits per heavy atom. The fraction of sp³-hybridized carbons (Fsp3) is 0.211. The summed E-state index contributed by atoms with van der Waals surface area (Å²) in [4.78, 5) is 12.0. The standard InChI is InChI=1S/C19H18N2O7/c1-24-14-8-11(9-15(25-2)17(14)26-3)18-21-20-16(28-18)10-27-19(23)12-6-4-5-7-13(12)22/h4-9,22H,10H2,1-3H3. The molecule has 0 unspecified atom stereocenters. The smallest absolute Gasteiger partial charge is 0.342 e. The lowest BCUT2D eigenvalue weighted by Gasteiger charge is -2.12. The van der Waals surface area contributed by atoms with Crippen molar-refractivity contribution in [3.63, 3.8) is 0 Å². The Bertz CT molecular complexity index is 959. The van der Waals surface area contributed by atoms with E-state index in [0.29, 0.717) is 22.8 Å². The summed E-state index contributed by atoms with van der Waals surface area (Å²) in [6.07, 6.45) is 0. The van der Waals surface area contributed by atoms with Crippen LogP contribution in [0, 0.1) is 0 Å². The fourth-order valence-corrected chi connectivity index (χ4v) is 2.48. The van der Waals surface area contributed by atoms with Crippen molar-refractivity contribution in [3.8, 4) is 34.5 Å². The van der Waals surface area contributed by atoms with E-state index in [2.05, 4.69) is 10.2 Å². The van der Waals surface area contributed by atoms with E-state index >= 15 is 0 Å². The number of esters is 1. The fourth-order valence-electron chi connectivity index (χ4n) is 2.48. The van der Waals surface area contributed by atoms with Crippen LogP contribution in [0.5, 0.6) is 23.0 Å². The Hall–Kier alpha value is -3.75. The van der Waals surface area contributed by atoms with Crippen molar-refractivity contribution < 1.29 is 33.3 Å². The van der Waals surface area contributed by atoms with E-state index in [1.807, 2.05) is 0 Å². The number of hydrogen-bond acceptors (Lipinski definition) is 9. The third kappa shape index (κ3) is 3.83. The zero-order valence-corrected chi connectivity index (χ0v) is 15.5. The van der Waals surface area contributed by atoms with Crippen molar-refractivity contribution in [2.45, 2.75) is 6.61 Å². The van der Waals surface area contributed by atoms with Crippen molar-refractivity contribution in [1.82, 2.24) is 10.2 Å². The third-order valence-electron chi connectivity index (χ3n) is 3.83. The summed E-state index contributed by atoms with van der Waals surface area (Å²) in [5.74, 6) is 0.706. The first-order valence-corrected chi connectivity index (χ1v) is 8.15. The van der Waals surface area contributed by atoms with E-state index in [-0.39, 0.29) is 29.7 Å². The van der Waals surface area contributed by atoms with E-state index in [9.17, 15) is 9.90 Å². The summed E-state index contributed by atoms with van der Waals surface area (Å²) in [5.41, 5.74) is 0.590. The average molecular weight is 386 g/mol. The number of hydrogen-bond donors (Lipinski definition) is 1. The molecular weight excluding hydrogens is 368 g/mol. The van der Waals surface area contributed by atoms with Crippen LogP contribution in [0.3, 0.4) is 0 Å². The second-order valence-corrected chi connectivity index (χ2v) is 5.51. The van der Waals surface area contributed by atoms with Gasteiger partial charge in [0.1, 0.15) is 11.3 Å². The molecule has 0 saturated heterocycles. The van der Waals surface area contributed by atoms with Crippen LogP contribution in [0.4, 0.5) is 0 Å². The van der Waals surface area contributed by atoms with E-state index in [0.717, 1.165) is 0 Å². The van der Waals surface area contributed by atoms with Gasteiger partial charge in [-0.15, -0.1) is 10.2 Å². The van der Waals surface area contributed by atoms with Gasteiger partial charge in [-0.05, 0) is 24.3 Å². The minimum absolute atomic E-state index is 0.0480. The molecule has 0 aliphatic rings. The minimum atomic E-state index is -0.703. The molecule has 146 valence electrons. The Balaban J connectivity index is 1.77. The molecule has 1 aromatic heterocycles. The first kappa shape index (κ1) is 19.0. The van der Waals surface area contributed by atoms with Gasteiger partial charge in [0.2, 0.25) is 11.6 Å². The summed E-state index contributed by atoms with van der Waals surface area (Å²) in [6, 6.07) is 9.39. The highest BCUT2D eigenvalue weighted by Gasteiger charge is 2.18. The molecule has 2 aromatic carbocycles. The lowest BCUT2D eigenvalue weighted by molar-refractivity contribution is 0.0435. The number of para-hydroxylation sites is 1. The Morgan fingerprint density at radius 2 is 1.71 bits per heavy atom. The monoisotopic (exact) mass is 386 g/mol. The predicted molar refractivity (Wildman–Crippen MR) is 96.6 cm³/mol. The minimum Gasteiger partial charge on any atom is -0.507 e. The number of phenolic OH excluding ortho intramolecular Hbond substituents is 1. The molecule has 28 heavy (non-hydrogen) atoms. The highest BCUT2D eigenvalue weighted by Crippen LogP contribution is 2.40. The number of benzene rings is 2. The number of nitrogens with zero attached hydrogens (tertiary/aromatic N) is 2. The van der Waals surface area contributed by atoms with Crippen LogP contribution in [0.15, 0.2) is 40.8 Å². The molecule has 1 N–H and O–H groups in total. The molecule has 0 amide bonds. The molecule has 0 bridgehead atoms. The summed E-state index contributed by atoms with van der Waals surface area (Å²) in [7, 11) is 4.50. The van der Waals surface area contributed by atoms with Crippen LogP contribution < -0.4 is 14.2 Å². The van der Waals surface area contributed by atoms with Crippen LogP contribution in [-0.4, -0.2) is 42.6 Å². The molecular formula is C19H18N2O7. The van der Waals surface area contributed by atoms with Gasteiger partial charge in [-0.2, -0.15) is 0 Å². The maximum absolute atomic E-state index is 12.0. The third-order valence-corrected chi connectivity index (χ3v) is 3.83. The first-order valence-electron chi connectivity index (χ1n) is 8.15. The summed E-state index contributed by atoms with van der Waals surface area (Å²) in [6.45, 7) is -0.245. The van der Waals surface area contributed by atoms with Crippen molar-refractivity contribution in [3.05, 3.63) is 47.9 Å². The molecule has 9 nitrogen and oxygen atoms in total. The molecule has 3 rings (SSSR count). The van der Waals surface area contributed by atoms with Gasteiger partial charge < -0.3 is 28.5 Å². The van der Waals surface area contributed by atoms with Crippen LogP contribution in [0.2, 0.25) is 0 Å². The number of carbonyl (C=O) groups is 1. The SMILES string of the molecule is COc1cc(-c2nnc(COC(=O)c3ccccc3O)o2)cc(OC)c1OC. The topological polar surface area (TPSA) is 113 Å². The first-order chi connectivity index (χ1) is 13.6. The molecule has 1 heterocycles. The van der Waals surface area contributed by atoms with Gasteiger partial charge in [0.05, 0.1) is 21.3 Å². The lowest BCUT2D eigenvalue weighted by Crippen LogP contribution is -2.05. The second-order valence-electron chi connectivity index (χ2n) is 5.51. The Kier molecular flexibility index (Phi) is 5.64. The lowest BCUT2D eigenvalue weighted by atomic mass is 10.2. The molecule has 0 aliphatic heterocycles. The van der Waals surface area contributed by atoms with Crippen LogP contribution in [0.25, 0.3) is 11.5 Å². The van der Waals surface area contributed by atoms with Crippen molar-refractivity contribution >= 4 is 5.97 Å². The van der Waals surface area contributed by atoms with E-state index in [4.69, 9.17) is 23.4 Å². The van der Waals surface area contributed by atoms with Gasteiger partial charge in [-0.3, -0.25) is 0 Å². The number of aromatic hydroxyl groups is 1. The van der Waals surface area contributed by atoms with Crippen molar-refractivity contribution in [1.29, 1.82) is 0 Å². The number of methoxy groups -OCH3 is 3. The molecule has 0 saturated carbocycles. The van der Waals surface area contributed by atoms with Gasteiger partial charge in [0, 0.05) is 5.56 Å². The molecule has 0 spiro atoms.